The number of Topliss-reactive ketones (excluding diaryl/α,β-unsaturated/α-hetero) is 1. The minimum atomic E-state index is -0.734. The highest BCUT2D eigenvalue weighted by Gasteiger charge is 2.45. The van der Waals surface area contributed by atoms with Crippen molar-refractivity contribution in [1.82, 2.24) is 4.90 Å². The molecule has 0 spiro atoms. The summed E-state index contributed by atoms with van der Waals surface area (Å²) in [5, 5.41) is 11.0. The Hall–Kier alpha value is -3.32. The maximum atomic E-state index is 12.9. The van der Waals surface area contributed by atoms with Crippen LogP contribution in [0.2, 0.25) is 0 Å². The van der Waals surface area contributed by atoms with Gasteiger partial charge in [-0.25, -0.2) is 0 Å². The van der Waals surface area contributed by atoms with E-state index in [0.717, 1.165) is 0 Å². The van der Waals surface area contributed by atoms with E-state index in [4.69, 9.17) is 14.2 Å². The molecular weight excluding hydrogens is 386 g/mol. The number of aliphatic hydroxyl groups excluding tert-OH is 1. The van der Waals surface area contributed by atoms with Gasteiger partial charge in [0, 0.05) is 19.2 Å². The number of nitrogens with zero attached hydrogens (tertiary/aromatic N) is 1. The quantitative estimate of drug-likeness (QED) is 0.408. The van der Waals surface area contributed by atoms with Gasteiger partial charge < -0.3 is 24.2 Å². The first-order chi connectivity index (χ1) is 14.5. The fourth-order valence-electron chi connectivity index (χ4n) is 3.49. The Morgan fingerprint density at radius 2 is 1.80 bits per heavy atom. The number of ketones is 1. The van der Waals surface area contributed by atoms with Gasteiger partial charge >= 0.3 is 0 Å². The summed E-state index contributed by atoms with van der Waals surface area (Å²) >= 11 is 0. The average molecular weight is 411 g/mol. The molecule has 1 heterocycles. The summed E-state index contributed by atoms with van der Waals surface area (Å²) in [6.45, 7) is 2.81. The minimum absolute atomic E-state index is 0.0370. The van der Waals surface area contributed by atoms with Crippen molar-refractivity contribution in [3.8, 4) is 11.5 Å². The van der Waals surface area contributed by atoms with Crippen molar-refractivity contribution < 1.29 is 28.9 Å². The number of carbonyl (C=O) groups excluding carboxylic acids is 2. The number of rotatable bonds is 8. The van der Waals surface area contributed by atoms with Gasteiger partial charge in [0.15, 0.2) is 0 Å². The third-order valence-corrected chi connectivity index (χ3v) is 4.93. The summed E-state index contributed by atoms with van der Waals surface area (Å²) in [7, 11) is 3.09. The van der Waals surface area contributed by atoms with Gasteiger partial charge in [0.2, 0.25) is 0 Å². The molecule has 1 aliphatic rings. The van der Waals surface area contributed by atoms with Crippen molar-refractivity contribution in [1.29, 1.82) is 0 Å². The molecule has 1 unspecified atom stereocenters. The van der Waals surface area contributed by atoms with E-state index in [9.17, 15) is 14.7 Å². The van der Waals surface area contributed by atoms with E-state index < -0.39 is 17.7 Å². The van der Waals surface area contributed by atoms with Crippen LogP contribution in [-0.4, -0.2) is 55.7 Å². The second kappa shape index (κ2) is 9.45. The summed E-state index contributed by atoms with van der Waals surface area (Å²) in [6.07, 6.45) is 0. The van der Waals surface area contributed by atoms with Crippen LogP contribution in [0.25, 0.3) is 5.76 Å². The maximum Gasteiger partial charge on any atom is 0.295 e. The lowest BCUT2D eigenvalue weighted by Gasteiger charge is -2.25. The van der Waals surface area contributed by atoms with E-state index in [2.05, 4.69) is 0 Å². The average Bonchev–Trinajstić information content (AvgIpc) is 3.02. The van der Waals surface area contributed by atoms with Crippen LogP contribution in [0.4, 0.5) is 0 Å². The topological polar surface area (TPSA) is 85.3 Å². The molecular formula is C23H25NO6. The first kappa shape index (κ1) is 21.4. The number of carbonyl (C=O) groups is 2. The van der Waals surface area contributed by atoms with Crippen molar-refractivity contribution in [2.45, 2.75) is 13.0 Å². The Morgan fingerprint density at radius 1 is 1.07 bits per heavy atom. The molecule has 0 aromatic heterocycles. The lowest BCUT2D eigenvalue weighted by Crippen LogP contribution is -2.32. The number of amides is 1. The lowest BCUT2D eigenvalue weighted by molar-refractivity contribution is -0.140. The van der Waals surface area contributed by atoms with Gasteiger partial charge in [-0.3, -0.25) is 9.59 Å². The van der Waals surface area contributed by atoms with Crippen LogP contribution in [0.15, 0.2) is 54.1 Å². The van der Waals surface area contributed by atoms with Gasteiger partial charge in [-0.05, 0) is 36.8 Å². The highest BCUT2D eigenvalue weighted by atomic mass is 16.5. The highest BCUT2D eigenvalue weighted by Crippen LogP contribution is 2.40. The van der Waals surface area contributed by atoms with Crippen LogP contribution >= 0.6 is 0 Å². The van der Waals surface area contributed by atoms with E-state index in [0.29, 0.717) is 29.2 Å². The molecule has 1 aliphatic heterocycles. The van der Waals surface area contributed by atoms with Gasteiger partial charge in [0.1, 0.15) is 17.3 Å². The molecule has 3 rings (SSSR count). The summed E-state index contributed by atoms with van der Waals surface area (Å²) in [4.78, 5) is 27.1. The van der Waals surface area contributed by atoms with Gasteiger partial charge in [-0.1, -0.05) is 24.3 Å². The van der Waals surface area contributed by atoms with Gasteiger partial charge in [-0.2, -0.15) is 0 Å². The number of hydrogen-bond acceptors (Lipinski definition) is 6. The Labute approximate surface area is 175 Å². The number of methoxy groups -OCH3 is 2. The Kier molecular flexibility index (Phi) is 6.74. The molecule has 0 bridgehead atoms. The molecule has 0 saturated carbocycles. The molecule has 1 fully saturated rings. The van der Waals surface area contributed by atoms with Gasteiger partial charge in [0.25, 0.3) is 11.7 Å². The molecule has 1 atom stereocenters. The fourth-order valence-corrected chi connectivity index (χ4v) is 3.49. The van der Waals surface area contributed by atoms with Gasteiger partial charge in [0.05, 0.1) is 31.9 Å². The summed E-state index contributed by atoms with van der Waals surface area (Å²) < 4.78 is 15.8. The first-order valence-corrected chi connectivity index (χ1v) is 9.66. The van der Waals surface area contributed by atoms with Crippen molar-refractivity contribution in [2.24, 2.45) is 0 Å². The largest absolute Gasteiger partial charge is 0.507 e. The van der Waals surface area contributed by atoms with Crippen LogP contribution in [0, 0.1) is 0 Å². The number of hydrogen-bond donors (Lipinski definition) is 1. The molecule has 7 heteroatoms. The molecule has 2 aromatic carbocycles. The molecule has 2 aromatic rings. The number of ether oxygens (including phenoxy) is 3. The van der Waals surface area contributed by atoms with Crippen LogP contribution < -0.4 is 9.47 Å². The zero-order valence-corrected chi connectivity index (χ0v) is 17.3. The molecule has 30 heavy (non-hydrogen) atoms. The third kappa shape index (κ3) is 4.16. The van der Waals surface area contributed by atoms with E-state index in [1.807, 2.05) is 6.92 Å². The summed E-state index contributed by atoms with van der Waals surface area (Å²) in [6, 6.07) is 13.1. The van der Waals surface area contributed by atoms with E-state index in [-0.39, 0.29) is 24.5 Å². The first-order valence-electron chi connectivity index (χ1n) is 9.66. The summed E-state index contributed by atoms with van der Waals surface area (Å²) in [5.74, 6) is -0.426. The summed E-state index contributed by atoms with van der Waals surface area (Å²) in [5.41, 5.74) is 1.13. The highest BCUT2D eigenvalue weighted by molar-refractivity contribution is 6.46. The fraction of sp³-hybridized carbons (Fsp3) is 0.304. The minimum Gasteiger partial charge on any atom is -0.507 e. The third-order valence-electron chi connectivity index (χ3n) is 4.93. The number of benzene rings is 2. The predicted octanol–water partition coefficient (Wildman–Crippen LogP) is 3.16. The lowest BCUT2D eigenvalue weighted by atomic mass is 9.95. The standard InChI is InChI=1S/C23H25NO6/c1-4-30-18-7-5-6-16(14-18)21(25)19-20(15-8-10-17(29-3)11-9-15)24(12-13-28-2)23(27)22(19)26/h5-11,14,20,25H,4,12-13H2,1-3H3/b21-19-. The molecule has 158 valence electrons. The predicted molar refractivity (Wildman–Crippen MR) is 111 cm³/mol. The SMILES string of the molecule is CCOc1cccc(/C(O)=C2/C(=O)C(=O)N(CCOC)C2c2ccc(OC)cc2)c1. The van der Waals surface area contributed by atoms with Crippen LogP contribution in [0.3, 0.4) is 0 Å². The Morgan fingerprint density at radius 3 is 2.43 bits per heavy atom. The van der Waals surface area contributed by atoms with Crippen LogP contribution in [0.5, 0.6) is 11.5 Å². The van der Waals surface area contributed by atoms with Crippen molar-refractivity contribution >= 4 is 17.4 Å². The molecule has 1 N–H and O–H groups in total. The van der Waals surface area contributed by atoms with E-state index in [1.165, 1.54) is 12.0 Å². The smallest absolute Gasteiger partial charge is 0.295 e. The Bertz CT molecular complexity index is 950. The van der Waals surface area contributed by atoms with Crippen molar-refractivity contribution in [2.75, 3.05) is 34.0 Å². The van der Waals surface area contributed by atoms with Crippen LogP contribution in [-0.2, 0) is 14.3 Å². The monoisotopic (exact) mass is 411 g/mol. The molecule has 0 radical (unpaired) electrons. The molecule has 0 aliphatic carbocycles. The van der Waals surface area contributed by atoms with Crippen LogP contribution in [0.1, 0.15) is 24.1 Å². The molecule has 7 nitrogen and oxygen atoms in total. The van der Waals surface area contributed by atoms with Crippen molar-refractivity contribution in [3.05, 3.63) is 65.2 Å². The zero-order chi connectivity index (χ0) is 21.7. The maximum absolute atomic E-state index is 12.9. The van der Waals surface area contributed by atoms with Crippen molar-refractivity contribution in [3.63, 3.8) is 0 Å². The number of likely N-dealkylation sites (tertiary alicyclic amines) is 1. The second-order valence-electron chi connectivity index (χ2n) is 6.72. The Balaban J connectivity index is 2.12. The number of aliphatic hydroxyl groups is 1. The van der Waals surface area contributed by atoms with Gasteiger partial charge in [-0.15, -0.1) is 0 Å². The normalized spacial score (nSPS) is 18.0. The van der Waals surface area contributed by atoms with E-state index >= 15 is 0 Å². The zero-order valence-electron chi connectivity index (χ0n) is 17.3. The second-order valence-corrected chi connectivity index (χ2v) is 6.72. The molecule has 1 amide bonds. The molecule has 1 saturated heterocycles. The van der Waals surface area contributed by atoms with E-state index in [1.54, 1.807) is 55.6 Å².